The van der Waals surface area contributed by atoms with Crippen molar-refractivity contribution in [1.29, 1.82) is 0 Å². The van der Waals surface area contributed by atoms with Crippen LogP contribution in [0.3, 0.4) is 0 Å². The van der Waals surface area contributed by atoms with Crippen molar-refractivity contribution in [1.82, 2.24) is 15.2 Å². The summed E-state index contributed by atoms with van der Waals surface area (Å²) >= 11 is 0. The zero-order chi connectivity index (χ0) is 20.3. The Labute approximate surface area is 173 Å². The number of hydrogen-bond acceptors (Lipinski definition) is 5. The van der Waals surface area contributed by atoms with Crippen molar-refractivity contribution in [3.8, 4) is 0 Å². The maximum atomic E-state index is 12.1. The Morgan fingerprint density at radius 2 is 1.86 bits per heavy atom. The van der Waals surface area contributed by atoms with Crippen LogP contribution >= 0.6 is 0 Å². The second-order valence-corrected chi connectivity index (χ2v) is 7.54. The van der Waals surface area contributed by atoms with Crippen LogP contribution in [-0.2, 0) is 22.5 Å². The lowest BCUT2D eigenvalue weighted by Gasteiger charge is -2.33. The summed E-state index contributed by atoms with van der Waals surface area (Å²) in [6.07, 6.45) is 3.96. The molecule has 0 bridgehead atoms. The van der Waals surface area contributed by atoms with Crippen LogP contribution in [-0.4, -0.2) is 62.2 Å². The fourth-order valence-corrected chi connectivity index (χ4v) is 3.34. The number of piperazine rings is 1. The molecule has 1 aromatic heterocycles. The van der Waals surface area contributed by atoms with Crippen LogP contribution in [0.2, 0.25) is 0 Å². The summed E-state index contributed by atoms with van der Waals surface area (Å²) in [6.45, 7) is 5.93. The van der Waals surface area contributed by atoms with Gasteiger partial charge in [0.05, 0.1) is 6.61 Å². The molecule has 1 amide bonds. The summed E-state index contributed by atoms with van der Waals surface area (Å²) in [5, 5.41) is 3.00. The van der Waals surface area contributed by atoms with Crippen LogP contribution in [0.4, 0.5) is 5.82 Å². The summed E-state index contributed by atoms with van der Waals surface area (Å²) in [5.74, 6) is 1.06. The molecule has 0 radical (unpaired) electrons. The molecule has 156 valence electrons. The number of pyridine rings is 1. The lowest BCUT2D eigenvalue weighted by molar-refractivity contribution is -0.121. The van der Waals surface area contributed by atoms with Crippen molar-refractivity contribution >= 4 is 11.7 Å². The van der Waals surface area contributed by atoms with Crippen LogP contribution < -0.4 is 10.2 Å². The molecule has 1 fully saturated rings. The SMILES string of the molecule is CN1CCN(c2cc(CNC(=O)CCCOCCc3ccccc3)ccn2)CC1. The van der Waals surface area contributed by atoms with Gasteiger partial charge in [0.2, 0.25) is 5.91 Å². The minimum absolute atomic E-state index is 0.0645. The third-order valence-electron chi connectivity index (χ3n) is 5.20. The first-order chi connectivity index (χ1) is 14.2. The first kappa shape index (κ1) is 21.3. The number of ether oxygens (including phenoxy) is 1. The van der Waals surface area contributed by atoms with E-state index < -0.39 is 0 Å². The van der Waals surface area contributed by atoms with Crippen LogP contribution in [0.25, 0.3) is 0 Å². The smallest absolute Gasteiger partial charge is 0.220 e. The van der Waals surface area contributed by atoms with Gasteiger partial charge in [-0.05, 0) is 43.1 Å². The lowest BCUT2D eigenvalue weighted by Crippen LogP contribution is -2.44. The number of aromatic nitrogens is 1. The number of hydrogen-bond donors (Lipinski definition) is 1. The van der Waals surface area contributed by atoms with Gasteiger partial charge in [-0.2, -0.15) is 0 Å². The first-order valence-corrected chi connectivity index (χ1v) is 10.5. The molecule has 29 heavy (non-hydrogen) atoms. The van der Waals surface area contributed by atoms with Gasteiger partial charge in [0, 0.05) is 51.9 Å². The van der Waals surface area contributed by atoms with Crippen molar-refractivity contribution in [2.24, 2.45) is 0 Å². The van der Waals surface area contributed by atoms with Gasteiger partial charge >= 0.3 is 0 Å². The predicted octanol–water partition coefficient (Wildman–Crippen LogP) is 2.49. The minimum atomic E-state index is 0.0645. The molecule has 3 rings (SSSR count). The molecular formula is C23H32N4O2. The molecule has 0 saturated carbocycles. The molecule has 0 aliphatic carbocycles. The molecule has 0 spiro atoms. The van der Waals surface area contributed by atoms with Gasteiger partial charge in [-0.15, -0.1) is 0 Å². The third kappa shape index (κ3) is 7.48. The van der Waals surface area contributed by atoms with Crippen LogP contribution in [0, 0.1) is 0 Å². The Bertz CT molecular complexity index is 746. The molecule has 6 heteroatoms. The summed E-state index contributed by atoms with van der Waals surface area (Å²) in [7, 11) is 2.14. The number of anilines is 1. The van der Waals surface area contributed by atoms with Crippen molar-refractivity contribution in [3.05, 3.63) is 59.8 Å². The molecule has 6 nitrogen and oxygen atoms in total. The fourth-order valence-electron chi connectivity index (χ4n) is 3.34. The summed E-state index contributed by atoms with van der Waals surface area (Å²) in [6, 6.07) is 14.3. The van der Waals surface area contributed by atoms with Gasteiger partial charge in [0.1, 0.15) is 5.82 Å². The molecule has 0 atom stereocenters. The topological polar surface area (TPSA) is 57.7 Å². The average Bonchev–Trinajstić information content (AvgIpc) is 2.76. The molecule has 2 heterocycles. The number of benzene rings is 1. The number of amides is 1. The van der Waals surface area contributed by atoms with Crippen LogP contribution in [0.5, 0.6) is 0 Å². The van der Waals surface area contributed by atoms with E-state index in [0.717, 1.165) is 50.4 Å². The van der Waals surface area contributed by atoms with E-state index in [4.69, 9.17) is 4.74 Å². The normalized spacial score (nSPS) is 14.7. The van der Waals surface area contributed by atoms with E-state index in [9.17, 15) is 4.79 Å². The highest BCUT2D eigenvalue weighted by molar-refractivity contribution is 5.75. The minimum Gasteiger partial charge on any atom is -0.381 e. The molecule has 2 aromatic rings. The zero-order valence-corrected chi connectivity index (χ0v) is 17.3. The Hall–Kier alpha value is -2.44. The number of nitrogens with one attached hydrogen (secondary N) is 1. The molecule has 0 unspecified atom stereocenters. The van der Waals surface area contributed by atoms with E-state index in [1.54, 1.807) is 0 Å². The Balaban J connectivity index is 1.30. The van der Waals surface area contributed by atoms with Crippen molar-refractivity contribution in [3.63, 3.8) is 0 Å². The molecule has 1 saturated heterocycles. The molecule has 1 aliphatic heterocycles. The van der Waals surface area contributed by atoms with Gasteiger partial charge < -0.3 is 19.9 Å². The highest BCUT2D eigenvalue weighted by atomic mass is 16.5. The fraction of sp³-hybridized carbons (Fsp3) is 0.478. The van der Waals surface area contributed by atoms with Gasteiger partial charge in [-0.25, -0.2) is 4.98 Å². The molecule has 1 aromatic carbocycles. The standard InChI is InChI=1S/C23H32N4O2/c1-26-12-14-27(15-13-26)22-18-21(9-11-24-22)19-25-23(28)8-5-16-29-17-10-20-6-3-2-4-7-20/h2-4,6-7,9,11,18H,5,8,10,12-17,19H2,1H3,(H,25,28). The van der Waals surface area contributed by atoms with Gasteiger partial charge in [-0.1, -0.05) is 30.3 Å². The number of carbonyl (C=O) groups is 1. The summed E-state index contributed by atoms with van der Waals surface area (Å²) in [4.78, 5) is 21.2. The van der Waals surface area contributed by atoms with E-state index in [-0.39, 0.29) is 5.91 Å². The van der Waals surface area contributed by atoms with Crippen molar-refractivity contribution in [2.75, 3.05) is 51.3 Å². The van der Waals surface area contributed by atoms with Crippen LogP contribution in [0.1, 0.15) is 24.0 Å². The Kier molecular flexibility index (Phi) is 8.46. The lowest BCUT2D eigenvalue weighted by atomic mass is 10.2. The second-order valence-electron chi connectivity index (χ2n) is 7.54. The molecule has 1 aliphatic rings. The van der Waals surface area contributed by atoms with Gasteiger partial charge in [0.25, 0.3) is 0 Å². The maximum Gasteiger partial charge on any atom is 0.220 e. The molecular weight excluding hydrogens is 364 g/mol. The van der Waals surface area contributed by atoms with E-state index in [0.29, 0.717) is 26.2 Å². The quantitative estimate of drug-likeness (QED) is 0.626. The van der Waals surface area contributed by atoms with E-state index >= 15 is 0 Å². The predicted molar refractivity (Wildman–Crippen MR) is 116 cm³/mol. The third-order valence-corrected chi connectivity index (χ3v) is 5.20. The molecule has 1 N–H and O–H groups in total. The average molecular weight is 397 g/mol. The van der Waals surface area contributed by atoms with Gasteiger partial charge in [0.15, 0.2) is 0 Å². The largest absolute Gasteiger partial charge is 0.381 e. The monoisotopic (exact) mass is 396 g/mol. The van der Waals surface area contributed by atoms with Crippen molar-refractivity contribution in [2.45, 2.75) is 25.8 Å². The second kappa shape index (κ2) is 11.5. The maximum absolute atomic E-state index is 12.1. The number of nitrogens with zero attached hydrogens (tertiary/aromatic N) is 3. The van der Waals surface area contributed by atoms with E-state index in [2.05, 4.69) is 45.3 Å². The first-order valence-electron chi connectivity index (χ1n) is 10.5. The van der Waals surface area contributed by atoms with Crippen LogP contribution in [0.15, 0.2) is 48.7 Å². The highest BCUT2D eigenvalue weighted by Crippen LogP contribution is 2.14. The Morgan fingerprint density at radius 3 is 2.66 bits per heavy atom. The number of likely N-dealkylation sites (N-methyl/N-ethyl adjacent to an activating group) is 1. The van der Waals surface area contributed by atoms with E-state index in [1.807, 2.05) is 30.5 Å². The highest BCUT2D eigenvalue weighted by Gasteiger charge is 2.15. The number of carbonyl (C=O) groups excluding carboxylic acids is 1. The van der Waals surface area contributed by atoms with E-state index in [1.165, 1.54) is 5.56 Å². The summed E-state index contributed by atoms with van der Waals surface area (Å²) in [5.41, 5.74) is 2.36. The van der Waals surface area contributed by atoms with Gasteiger partial charge in [-0.3, -0.25) is 4.79 Å². The number of rotatable bonds is 10. The zero-order valence-electron chi connectivity index (χ0n) is 17.3. The van der Waals surface area contributed by atoms with Crippen molar-refractivity contribution < 1.29 is 9.53 Å². The Morgan fingerprint density at radius 1 is 1.07 bits per heavy atom. The summed E-state index contributed by atoms with van der Waals surface area (Å²) < 4.78 is 5.64.